The number of carbonyl (C=O) groups excluding carboxylic acids is 2. The van der Waals surface area contributed by atoms with Gasteiger partial charge >= 0.3 is 5.97 Å². The molecule has 1 heterocycles. The summed E-state index contributed by atoms with van der Waals surface area (Å²) in [5.74, 6) is -0.692. The topological polar surface area (TPSA) is 46.6 Å². The summed E-state index contributed by atoms with van der Waals surface area (Å²) in [7, 11) is 1.29. The van der Waals surface area contributed by atoms with Crippen LogP contribution in [0, 0.1) is 0 Å². The molecule has 0 unspecified atom stereocenters. The molecular formula is C15H19NO3. The minimum absolute atomic E-state index is 0.195. The molecular weight excluding hydrogens is 242 g/mol. The molecule has 1 fully saturated rings. The number of anilines is 1. The number of methoxy groups -OCH3 is 1. The van der Waals surface area contributed by atoms with E-state index in [2.05, 4.69) is 9.64 Å². The zero-order chi connectivity index (χ0) is 13.7. The Kier molecular flexibility index (Phi) is 4.55. The molecule has 19 heavy (non-hydrogen) atoms. The third-order valence-electron chi connectivity index (χ3n) is 3.44. The van der Waals surface area contributed by atoms with Gasteiger partial charge in [0.1, 0.15) is 6.42 Å². The number of piperidine rings is 1. The van der Waals surface area contributed by atoms with Gasteiger partial charge in [-0.15, -0.1) is 0 Å². The van der Waals surface area contributed by atoms with Gasteiger partial charge in [-0.05, 0) is 43.5 Å². The average molecular weight is 261 g/mol. The fourth-order valence-corrected chi connectivity index (χ4v) is 2.32. The van der Waals surface area contributed by atoms with Gasteiger partial charge < -0.3 is 9.64 Å². The quantitative estimate of drug-likeness (QED) is 0.474. The first-order valence-corrected chi connectivity index (χ1v) is 6.66. The highest BCUT2D eigenvalue weighted by atomic mass is 16.5. The van der Waals surface area contributed by atoms with Crippen molar-refractivity contribution in [3.05, 3.63) is 29.8 Å². The number of hydrogen-bond donors (Lipinski definition) is 0. The zero-order valence-corrected chi connectivity index (χ0v) is 11.2. The van der Waals surface area contributed by atoms with Crippen LogP contribution in [0.5, 0.6) is 0 Å². The van der Waals surface area contributed by atoms with Gasteiger partial charge in [0, 0.05) is 24.3 Å². The number of esters is 1. The molecule has 1 saturated heterocycles. The molecule has 4 nitrogen and oxygen atoms in total. The number of carbonyl (C=O) groups is 2. The lowest BCUT2D eigenvalue weighted by atomic mass is 10.1. The van der Waals surface area contributed by atoms with Gasteiger partial charge in [-0.1, -0.05) is 0 Å². The van der Waals surface area contributed by atoms with Gasteiger partial charge in [0.25, 0.3) is 0 Å². The molecule has 102 valence electrons. The molecule has 2 rings (SSSR count). The molecule has 0 amide bonds. The molecule has 0 bridgehead atoms. The van der Waals surface area contributed by atoms with Crippen molar-refractivity contribution in [3.8, 4) is 0 Å². The van der Waals surface area contributed by atoms with Gasteiger partial charge in [-0.2, -0.15) is 0 Å². The first-order chi connectivity index (χ1) is 9.20. The maximum atomic E-state index is 11.8. The number of hydrogen-bond acceptors (Lipinski definition) is 4. The molecule has 0 N–H and O–H groups in total. The fraction of sp³-hybridized carbons (Fsp3) is 0.467. The number of Topliss-reactive ketones (excluding diaryl/α,β-unsaturated/α-hetero) is 1. The predicted molar refractivity (Wildman–Crippen MR) is 73.5 cm³/mol. The van der Waals surface area contributed by atoms with Crippen molar-refractivity contribution < 1.29 is 14.3 Å². The third kappa shape index (κ3) is 3.56. The SMILES string of the molecule is COC(=O)CC(=O)c1ccc(N2CCCCC2)cc1. The minimum Gasteiger partial charge on any atom is -0.469 e. The van der Waals surface area contributed by atoms with E-state index < -0.39 is 5.97 Å². The summed E-state index contributed by atoms with van der Waals surface area (Å²) < 4.78 is 4.49. The molecule has 0 aliphatic carbocycles. The van der Waals surface area contributed by atoms with Crippen molar-refractivity contribution in [1.82, 2.24) is 0 Å². The van der Waals surface area contributed by atoms with Crippen LogP contribution in [0.2, 0.25) is 0 Å². The highest BCUT2D eigenvalue weighted by Crippen LogP contribution is 2.20. The lowest BCUT2D eigenvalue weighted by molar-refractivity contribution is -0.139. The summed E-state index contributed by atoms with van der Waals surface area (Å²) in [6, 6.07) is 7.48. The Balaban J connectivity index is 2.01. The Morgan fingerprint density at radius 1 is 1.11 bits per heavy atom. The van der Waals surface area contributed by atoms with Gasteiger partial charge in [0.05, 0.1) is 7.11 Å². The van der Waals surface area contributed by atoms with Crippen LogP contribution in [0.3, 0.4) is 0 Å². The summed E-state index contributed by atoms with van der Waals surface area (Å²) in [5, 5.41) is 0. The standard InChI is InChI=1S/C15H19NO3/c1-19-15(18)11-14(17)12-5-7-13(8-6-12)16-9-3-2-4-10-16/h5-8H,2-4,9-11H2,1H3. The van der Waals surface area contributed by atoms with Crippen molar-refractivity contribution in [2.24, 2.45) is 0 Å². The van der Waals surface area contributed by atoms with Gasteiger partial charge in [0.2, 0.25) is 0 Å². The molecule has 4 heteroatoms. The summed E-state index contributed by atoms with van der Waals surface area (Å²) in [6.45, 7) is 2.16. The number of rotatable bonds is 4. The van der Waals surface area contributed by atoms with Crippen LogP contribution in [0.1, 0.15) is 36.0 Å². The van der Waals surface area contributed by atoms with Gasteiger partial charge in [-0.3, -0.25) is 9.59 Å². The van der Waals surface area contributed by atoms with Crippen molar-refractivity contribution >= 4 is 17.4 Å². The minimum atomic E-state index is -0.495. The van der Waals surface area contributed by atoms with E-state index in [1.165, 1.54) is 26.4 Å². The lowest BCUT2D eigenvalue weighted by Gasteiger charge is -2.28. The smallest absolute Gasteiger partial charge is 0.313 e. The van der Waals surface area contributed by atoms with Crippen LogP contribution in [-0.4, -0.2) is 32.0 Å². The molecule has 1 aromatic rings. The summed E-state index contributed by atoms with van der Waals surface area (Å²) >= 11 is 0. The molecule has 0 aromatic heterocycles. The normalized spacial score (nSPS) is 15.1. The lowest BCUT2D eigenvalue weighted by Crippen LogP contribution is -2.29. The number of ether oxygens (including phenoxy) is 1. The van der Waals surface area contributed by atoms with E-state index >= 15 is 0 Å². The summed E-state index contributed by atoms with van der Waals surface area (Å²) in [4.78, 5) is 25.2. The highest BCUT2D eigenvalue weighted by molar-refractivity contribution is 6.06. The first-order valence-electron chi connectivity index (χ1n) is 6.66. The Bertz CT molecular complexity index is 447. The average Bonchev–Trinajstić information content (AvgIpc) is 2.48. The molecule has 1 aromatic carbocycles. The second-order valence-corrected chi connectivity index (χ2v) is 4.77. The predicted octanol–water partition coefficient (Wildman–Crippen LogP) is 2.42. The van der Waals surface area contributed by atoms with Crippen LogP contribution < -0.4 is 4.90 Å². The molecule has 0 saturated carbocycles. The van der Waals surface area contributed by atoms with Crippen molar-refractivity contribution in [2.75, 3.05) is 25.1 Å². The van der Waals surface area contributed by atoms with Crippen molar-refractivity contribution in [1.29, 1.82) is 0 Å². The Hall–Kier alpha value is -1.84. The Morgan fingerprint density at radius 3 is 2.32 bits per heavy atom. The van der Waals surface area contributed by atoms with Crippen LogP contribution >= 0.6 is 0 Å². The van der Waals surface area contributed by atoms with Crippen LogP contribution in [0.4, 0.5) is 5.69 Å². The molecule has 1 aliphatic rings. The van der Waals surface area contributed by atoms with Crippen LogP contribution in [0.15, 0.2) is 24.3 Å². The van der Waals surface area contributed by atoms with Crippen LogP contribution in [0.25, 0.3) is 0 Å². The number of nitrogens with zero attached hydrogens (tertiary/aromatic N) is 1. The highest BCUT2D eigenvalue weighted by Gasteiger charge is 2.14. The van der Waals surface area contributed by atoms with Crippen LogP contribution in [-0.2, 0) is 9.53 Å². The fourth-order valence-electron chi connectivity index (χ4n) is 2.32. The maximum absolute atomic E-state index is 11.8. The van der Waals surface area contributed by atoms with E-state index in [1.807, 2.05) is 12.1 Å². The maximum Gasteiger partial charge on any atom is 0.313 e. The largest absolute Gasteiger partial charge is 0.469 e. The van der Waals surface area contributed by atoms with Crippen molar-refractivity contribution in [3.63, 3.8) is 0 Å². The van der Waals surface area contributed by atoms with Crippen molar-refractivity contribution in [2.45, 2.75) is 25.7 Å². The van der Waals surface area contributed by atoms with Gasteiger partial charge in [0.15, 0.2) is 5.78 Å². The van der Waals surface area contributed by atoms with E-state index in [0.717, 1.165) is 18.8 Å². The van der Waals surface area contributed by atoms with E-state index in [1.54, 1.807) is 12.1 Å². The number of benzene rings is 1. The second-order valence-electron chi connectivity index (χ2n) is 4.77. The molecule has 1 aliphatic heterocycles. The Labute approximate surface area is 113 Å². The summed E-state index contributed by atoms with van der Waals surface area (Å²) in [5.41, 5.74) is 1.71. The zero-order valence-electron chi connectivity index (χ0n) is 11.2. The molecule has 0 spiro atoms. The van der Waals surface area contributed by atoms with E-state index in [4.69, 9.17) is 0 Å². The monoisotopic (exact) mass is 261 g/mol. The summed E-state index contributed by atoms with van der Waals surface area (Å²) in [6.07, 6.45) is 3.55. The van der Waals surface area contributed by atoms with Gasteiger partial charge in [-0.25, -0.2) is 0 Å². The second kappa shape index (κ2) is 6.36. The van der Waals surface area contributed by atoms with E-state index in [0.29, 0.717) is 5.56 Å². The van der Waals surface area contributed by atoms with E-state index in [9.17, 15) is 9.59 Å². The third-order valence-corrected chi connectivity index (χ3v) is 3.44. The molecule has 0 radical (unpaired) electrons. The first kappa shape index (κ1) is 13.6. The number of ketones is 1. The van der Waals surface area contributed by atoms with E-state index in [-0.39, 0.29) is 12.2 Å². The Morgan fingerprint density at radius 2 is 1.74 bits per heavy atom. The molecule has 0 atom stereocenters.